The molecule has 0 saturated carbocycles. The smallest absolute Gasteiger partial charge is 0.546 e. The number of rotatable bonds is 3. The van der Waals surface area contributed by atoms with E-state index >= 15 is 0 Å². The molecule has 0 saturated heterocycles. The number of carbonyl (C=O) groups is 1. The van der Waals surface area contributed by atoms with Crippen LogP contribution in [0.3, 0.4) is 0 Å². The van der Waals surface area contributed by atoms with Crippen LogP contribution >= 0.6 is 0 Å². The summed E-state index contributed by atoms with van der Waals surface area (Å²) in [6.07, 6.45) is 0. The number of hydrogen-bond acceptors (Lipinski definition) is 3. The molecule has 1 N–H and O–H groups in total. The standard InChI is InChI=1S/C16H16O3.K/c1-11-8-9-14(12(2)10-11)16(19,15(17)18)13-6-4-3-5-7-13;/h3-10,19H,1-2H3,(H,17,18);/q;+1/p-1. The fraction of sp³-hybridized carbons (Fsp3) is 0.188. The van der Waals surface area contributed by atoms with Gasteiger partial charge in [-0.1, -0.05) is 54.1 Å². The molecule has 98 valence electrons. The third-order valence-corrected chi connectivity index (χ3v) is 3.26. The summed E-state index contributed by atoms with van der Waals surface area (Å²) in [5, 5.41) is 22.1. The van der Waals surface area contributed by atoms with E-state index in [1.165, 1.54) is 0 Å². The van der Waals surface area contributed by atoms with E-state index in [1.807, 2.05) is 13.0 Å². The van der Waals surface area contributed by atoms with Crippen molar-refractivity contribution in [2.45, 2.75) is 19.4 Å². The summed E-state index contributed by atoms with van der Waals surface area (Å²) in [5.41, 5.74) is 0.232. The van der Waals surface area contributed by atoms with E-state index in [4.69, 9.17) is 0 Å². The van der Waals surface area contributed by atoms with Crippen molar-refractivity contribution >= 4 is 5.97 Å². The zero-order valence-electron chi connectivity index (χ0n) is 11.9. The fourth-order valence-corrected chi connectivity index (χ4v) is 2.28. The van der Waals surface area contributed by atoms with Gasteiger partial charge in [-0.3, -0.25) is 0 Å². The van der Waals surface area contributed by atoms with Crippen LogP contribution in [0.4, 0.5) is 0 Å². The molecule has 0 aliphatic heterocycles. The summed E-state index contributed by atoms with van der Waals surface area (Å²) in [4.78, 5) is 11.5. The van der Waals surface area contributed by atoms with E-state index in [9.17, 15) is 15.0 Å². The van der Waals surface area contributed by atoms with Gasteiger partial charge in [0.1, 0.15) is 0 Å². The van der Waals surface area contributed by atoms with Crippen molar-refractivity contribution < 1.29 is 66.4 Å². The third-order valence-electron chi connectivity index (χ3n) is 3.26. The van der Waals surface area contributed by atoms with Crippen LogP contribution in [-0.2, 0) is 10.4 Å². The van der Waals surface area contributed by atoms with Crippen LogP contribution < -0.4 is 56.5 Å². The Hall–Kier alpha value is -0.494. The molecular formula is C16H15KO3. The van der Waals surface area contributed by atoms with Crippen molar-refractivity contribution in [1.82, 2.24) is 0 Å². The molecule has 2 rings (SSSR count). The summed E-state index contributed by atoms with van der Waals surface area (Å²) in [6, 6.07) is 13.5. The maximum Gasteiger partial charge on any atom is 1.00 e. The average molecular weight is 294 g/mol. The number of carboxylic acids is 1. The second kappa shape index (κ2) is 6.98. The minimum absolute atomic E-state index is 0. The average Bonchev–Trinajstić information content (AvgIpc) is 2.38. The number of aryl methyl sites for hydroxylation is 2. The van der Waals surface area contributed by atoms with E-state index < -0.39 is 11.6 Å². The first-order valence-corrected chi connectivity index (χ1v) is 6.03. The van der Waals surface area contributed by atoms with E-state index in [0.717, 1.165) is 11.1 Å². The van der Waals surface area contributed by atoms with Gasteiger partial charge in [-0.05, 0) is 30.5 Å². The van der Waals surface area contributed by atoms with E-state index in [0.29, 0.717) is 11.1 Å². The number of carboxylic acid groups (broad SMARTS) is 1. The van der Waals surface area contributed by atoms with Crippen LogP contribution in [0, 0.1) is 13.8 Å². The predicted octanol–water partition coefficient (Wildman–Crippen LogP) is -1.71. The molecule has 0 radical (unpaired) electrons. The van der Waals surface area contributed by atoms with Crippen molar-refractivity contribution in [3.8, 4) is 0 Å². The van der Waals surface area contributed by atoms with Crippen molar-refractivity contribution in [3.05, 3.63) is 70.8 Å². The van der Waals surface area contributed by atoms with Gasteiger partial charge >= 0.3 is 51.4 Å². The Kier molecular flexibility index (Phi) is 6.13. The molecule has 3 nitrogen and oxygen atoms in total. The molecule has 0 heterocycles. The molecule has 1 atom stereocenters. The molecule has 0 aliphatic rings. The third kappa shape index (κ3) is 3.22. The molecule has 4 heteroatoms. The number of aliphatic hydroxyl groups is 1. The topological polar surface area (TPSA) is 60.4 Å². The predicted molar refractivity (Wildman–Crippen MR) is 70.4 cm³/mol. The molecular weight excluding hydrogens is 279 g/mol. The van der Waals surface area contributed by atoms with Gasteiger partial charge < -0.3 is 15.0 Å². The van der Waals surface area contributed by atoms with Crippen molar-refractivity contribution in [2.75, 3.05) is 0 Å². The molecule has 0 spiro atoms. The minimum Gasteiger partial charge on any atom is -0.546 e. The van der Waals surface area contributed by atoms with Crippen molar-refractivity contribution in [1.29, 1.82) is 0 Å². The number of aliphatic carboxylic acids is 1. The van der Waals surface area contributed by atoms with Gasteiger partial charge in [0.05, 0.1) is 5.97 Å². The Morgan fingerprint density at radius 3 is 2.20 bits per heavy atom. The first kappa shape index (κ1) is 17.6. The summed E-state index contributed by atoms with van der Waals surface area (Å²) < 4.78 is 0. The molecule has 1 unspecified atom stereocenters. The summed E-state index contributed by atoms with van der Waals surface area (Å²) in [5.74, 6) is -1.52. The summed E-state index contributed by atoms with van der Waals surface area (Å²) in [7, 11) is 0. The van der Waals surface area contributed by atoms with E-state index in [-0.39, 0.29) is 51.4 Å². The second-order valence-corrected chi connectivity index (χ2v) is 4.68. The van der Waals surface area contributed by atoms with Crippen LogP contribution in [0.15, 0.2) is 48.5 Å². The Morgan fingerprint density at radius 1 is 1.10 bits per heavy atom. The first-order valence-electron chi connectivity index (χ1n) is 6.03. The maximum atomic E-state index is 11.5. The number of benzene rings is 2. The SMILES string of the molecule is Cc1ccc(C(O)(C(=O)[O-])c2ccccc2)c(C)c1.[K+]. The zero-order valence-corrected chi connectivity index (χ0v) is 15.0. The largest absolute Gasteiger partial charge is 1.00 e. The Morgan fingerprint density at radius 2 is 1.70 bits per heavy atom. The molecule has 0 amide bonds. The van der Waals surface area contributed by atoms with E-state index in [1.54, 1.807) is 49.4 Å². The van der Waals surface area contributed by atoms with Gasteiger partial charge in [0.2, 0.25) is 0 Å². The zero-order chi connectivity index (χ0) is 14.0. The quantitative estimate of drug-likeness (QED) is 0.686. The molecule has 20 heavy (non-hydrogen) atoms. The molecule has 0 aliphatic carbocycles. The number of hydrogen-bond donors (Lipinski definition) is 1. The molecule has 0 fully saturated rings. The Labute approximate surface area is 161 Å². The minimum atomic E-state index is -2.13. The first-order chi connectivity index (χ1) is 8.96. The van der Waals surface area contributed by atoms with Gasteiger partial charge in [0.15, 0.2) is 5.60 Å². The molecule has 0 bridgehead atoms. The van der Waals surface area contributed by atoms with Gasteiger partial charge in [0.25, 0.3) is 0 Å². The van der Waals surface area contributed by atoms with Gasteiger partial charge in [0, 0.05) is 0 Å². The summed E-state index contributed by atoms with van der Waals surface area (Å²) >= 11 is 0. The monoisotopic (exact) mass is 294 g/mol. The van der Waals surface area contributed by atoms with Crippen molar-refractivity contribution in [2.24, 2.45) is 0 Å². The summed E-state index contributed by atoms with van der Waals surface area (Å²) in [6.45, 7) is 3.69. The molecule has 0 aromatic heterocycles. The second-order valence-electron chi connectivity index (χ2n) is 4.68. The van der Waals surface area contributed by atoms with Crippen LogP contribution in [0.25, 0.3) is 0 Å². The van der Waals surface area contributed by atoms with Crippen LogP contribution in [0.2, 0.25) is 0 Å². The van der Waals surface area contributed by atoms with Crippen molar-refractivity contribution in [3.63, 3.8) is 0 Å². The van der Waals surface area contributed by atoms with Gasteiger partial charge in [-0.2, -0.15) is 0 Å². The number of carbonyl (C=O) groups excluding carboxylic acids is 1. The molecule has 2 aromatic rings. The van der Waals surface area contributed by atoms with Crippen LogP contribution in [0.1, 0.15) is 22.3 Å². The van der Waals surface area contributed by atoms with Crippen LogP contribution in [-0.4, -0.2) is 11.1 Å². The fourth-order valence-electron chi connectivity index (χ4n) is 2.28. The van der Waals surface area contributed by atoms with Gasteiger partial charge in [-0.15, -0.1) is 0 Å². The Balaban J connectivity index is 0.00000200. The van der Waals surface area contributed by atoms with Crippen LogP contribution in [0.5, 0.6) is 0 Å². The van der Waals surface area contributed by atoms with Gasteiger partial charge in [-0.25, -0.2) is 0 Å². The molecule has 2 aromatic carbocycles. The van der Waals surface area contributed by atoms with E-state index in [2.05, 4.69) is 0 Å². The Bertz CT molecular complexity index is 610. The normalized spacial score (nSPS) is 13.2. The maximum absolute atomic E-state index is 11.5.